The van der Waals surface area contributed by atoms with Crippen molar-refractivity contribution in [3.8, 4) is 56.3 Å². The second-order valence-corrected chi connectivity index (χ2v) is 16.2. The maximum Gasteiger partial charge on any atom is 0.197 e. The van der Waals surface area contributed by atoms with E-state index in [2.05, 4.69) is 203 Å². The molecule has 0 amide bonds. The molecule has 0 unspecified atom stereocenters. The molecule has 0 radical (unpaired) electrons. The molecule has 5 nitrogen and oxygen atoms in total. The summed E-state index contributed by atoms with van der Waals surface area (Å²) in [6.45, 7) is 0. The Morgan fingerprint density at radius 2 is 0.810 bits per heavy atom. The summed E-state index contributed by atoms with van der Waals surface area (Å²) in [5, 5.41) is 5.67. The van der Waals surface area contributed by atoms with Crippen LogP contribution in [0.4, 0.5) is 0 Å². The lowest BCUT2D eigenvalue weighted by Gasteiger charge is -2.10. The lowest BCUT2D eigenvalue weighted by molar-refractivity contribution is 0.663. The number of hydrogen-bond donors (Lipinski definition) is 0. The summed E-state index contributed by atoms with van der Waals surface area (Å²) in [5.74, 6) is 1.34. The van der Waals surface area contributed by atoms with Crippen LogP contribution in [-0.2, 0) is 0 Å². The molecule has 5 heteroatoms. The molecule has 0 aliphatic carbocycles. The van der Waals surface area contributed by atoms with Gasteiger partial charge in [-0.3, -0.25) is 4.57 Å². The van der Waals surface area contributed by atoms with Crippen LogP contribution in [0.2, 0.25) is 0 Å². The fourth-order valence-corrected chi connectivity index (χ4v) is 9.62. The number of hydrogen-bond acceptors (Lipinski definition) is 3. The molecule has 0 fully saturated rings. The average molecular weight is 805 g/mol. The van der Waals surface area contributed by atoms with Crippen LogP contribution >= 0.6 is 0 Å². The van der Waals surface area contributed by atoms with E-state index in [-0.39, 0.29) is 0 Å². The first-order chi connectivity index (χ1) is 31.2. The molecule has 0 aliphatic heterocycles. The average Bonchev–Trinajstić information content (AvgIpc) is 4.02. The van der Waals surface area contributed by atoms with Gasteiger partial charge in [0.1, 0.15) is 11.1 Å². The number of benzene rings is 9. The Bertz CT molecular complexity index is 3890. The van der Waals surface area contributed by atoms with Crippen molar-refractivity contribution in [1.29, 1.82) is 0 Å². The van der Waals surface area contributed by atoms with Crippen molar-refractivity contribution in [3.05, 3.63) is 218 Å². The molecule has 63 heavy (non-hydrogen) atoms. The lowest BCUT2D eigenvalue weighted by Crippen LogP contribution is -2.01. The maximum absolute atomic E-state index is 7.13. The van der Waals surface area contributed by atoms with Gasteiger partial charge in [-0.15, -0.1) is 0 Å². The molecular weight excluding hydrogens is 769 g/mol. The SMILES string of the molecule is c1ccc(-c2cc(-c3ccccc3)c3oc4c(-n5c6ccccc6c6cc(-c7ccc8c(c7)c7ccccc7n8-c7ccccc7)ccc65)nc(-c5ccccc5)nc4c3c2)cc1. The van der Waals surface area contributed by atoms with E-state index in [4.69, 9.17) is 14.4 Å². The first kappa shape index (κ1) is 35.2. The monoisotopic (exact) mass is 804 g/mol. The minimum absolute atomic E-state index is 0.637. The Morgan fingerprint density at radius 3 is 1.44 bits per heavy atom. The summed E-state index contributed by atoms with van der Waals surface area (Å²) in [5.41, 5.74) is 15.3. The number of nitrogens with zero attached hydrogens (tertiary/aromatic N) is 4. The Kier molecular flexibility index (Phi) is 7.84. The molecule has 0 atom stereocenters. The van der Waals surface area contributed by atoms with Crippen LogP contribution in [0.5, 0.6) is 0 Å². The van der Waals surface area contributed by atoms with Crippen molar-refractivity contribution in [1.82, 2.24) is 19.1 Å². The third-order valence-corrected chi connectivity index (χ3v) is 12.5. The maximum atomic E-state index is 7.13. The van der Waals surface area contributed by atoms with Crippen molar-refractivity contribution in [3.63, 3.8) is 0 Å². The molecule has 0 saturated heterocycles. The highest BCUT2D eigenvalue weighted by Gasteiger charge is 2.25. The Hall–Kier alpha value is -8.54. The Labute approximate surface area is 362 Å². The van der Waals surface area contributed by atoms with Crippen molar-refractivity contribution in [2.24, 2.45) is 0 Å². The van der Waals surface area contributed by atoms with Gasteiger partial charge in [-0.1, -0.05) is 158 Å². The molecule has 4 heterocycles. The number of furan rings is 1. The molecule has 0 bridgehead atoms. The van der Waals surface area contributed by atoms with Crippen molar-refractivity contribution >= 4 is 65.7 Å². The summed E-state index contributed by atoms with van der Waals surface area (Å²) in [6, 6.07) is 77.3. The van der Waals surface area contributed by atoms with Gasteiger partial charge in [-0.2, -0.15) is 0 Å². The second kappa shape index (κ2) is 14.0. The molecule has 4 aromatic heterocycles. The predicted octanol–water partition coefficient (Wildman–Crippen LogP) is 15.2. The largest absolute Gasteiger partial charge is 0.450 e. The van der Waals surface area contributed by atoms with E-state index in [0.29, 0.717) is 17.2 Å². The number of para-hydroxylation sites is 3. The van der Waals surface area contributed by atoms with E-state index in [9.17, 15) is 0 Å². The van der Waals surface area contributed by atoms with E-state index < -0.39 is 0 Å². The molecule has 9 aromatic carbocycles. The quantitative estimate of drug-likeness (QED) is 0.168. The topological polar surface area (TPSA) is 48.8 Å². The molecule has 0 spiro atoms. The molecule has 0 saturated carbocycles. The minimum Gasteiger partial charge on any atom is -0.450 e. The van der Waals surface area contributed by atoms with Gasteiger partial charge in [0.25, 0.3) is 0 Å². The standard InChI is InChI=1S/C58H36N4O/c1-5-17-37(18-6-1)42-35-46(38-19-7-2-8-20-38)55-49(36-42)54-56(63-55)58(60-57(59-54)39-21-9-3-10-22-39)62-51-28-16-14-26-45(51)48-34-41(30-32-53(48)62)40-29-31-52-47(33-40)44-25-13-15-27-50(44)61(52)43-23-11-4-12-24-43/h1-36H. The summed E-state index contributed by atoms with van der Waals surface area (Å²) < 4.78 is 11.8. The van der Waals surface area contributed by atoms with Crippen molar-refractivity contribution in [2.75, 3.05) is 0 Å². The summed E-state index contributed by atoms with van der Waals surface area (Å²) >= 11 is 0. The van der Waals surface area contributed by atoms with Gasteiger partial charge >= 0.3 is 0 Å². The first-order valence-electron chi connectivity index (χ1n) is 21.3. The van der Waals surface area contributed by atoms with Crippen LogP contribution in [0.25, 0.3) is 122 Å². The zero-order valence-electron chi connectivity index (χ0n) is 34.0. The van der Waals surface area contributed by atoms with Gasteiger partial charge < -0.3 is 8.98 Å². The van der Waals surface area contributed by atoms with E-state index in [1.54, 1.807) is 0 Å². The van der Waals surface area contributed by atoms with Crippen molar-refractivity contribution < 1.29 is 4.42 Å². The molecule has 294 valence electrons. The predicted molar refractivity (Wildman–Crippen MR) is 260 cm³/mol. The molecule has 0 N–H and O–H groups in total. The number of aromatic nitrogens is 4. The van der Waals surface area contributed by atoms with Gasteiger partial charge in [0.15, 0.2) is 17.2 Å². The molecule has 13 rings (SSSR count). The van der Waals surface area contributed by atoms with Crippen LogP contribution in [0.3, 0.4) is 0 Å². The van der Waals surface area contributed by atoms with E-state index in [1.807, 2.05) is 24.3 Å². The molecule has 13 aromatic rings. The smallest absolute Gasteiger partial charge is 0.197 e. The van der Waals surface area contributed by atoms with Gasteiger partial charge in [0.05, 0.1) is 22.1 Å². The summed E-state index contributed by atoms with van der Waals surface area (Å²) in [7, 11) is 0. The first-order valence-corrected chi connectivity index (χ1v) is 21.3. The fraction of sp³-hybridized carbons (Fsp3) is 0. The third-order valence-electron chi connectivity index (χ3n) is 12.5. The highest BCUT2D eigenvalue weighted by atomic mass is 16.3. The van der Waals surface area contributed by atoms with Gasteiger partial charge in [-0.25, -0.2) is 9.97 Å². The van der Waals surface area contributed by atoms with Gasteiger partial charge in [-0.05, 0) is 88.5 Å². The van der Waals surface area contributed by atoms with E-state index in [1.165, 1.54) is 21.8 Å². The number of fused-ring (bicyclic) bond motifs is 9. The van der Waals surface area contributed by atoms with E-state index >= 15 is 0 Å². The van der Waals surface area contributed by atoms with Crippen LogP contribution in [0.15, 0.2) is 223 Å². The summed E-state index contributed by atoms with van der Waals surface area (Å²) in [6.07, 6.45) is 0. The highest BCUT2D eigenvalue weighted by Crippen LogP contribution is 2.44. The van der Waals surface area contributed by atoms with Gasteiger partial charge in [0, 0.05) is 43.7 Å². The normalized spacial score (nSPS) is 11.8. The highest BCUT2D eigenvalue weighted by molar-refractivity contribution is 6.15. The van der Waals surface area contributed by atoms with Crippen LogP contribution in [0, 0.1) is 0 Å². The van der Waals surface area contributed by atoms with Gasteiger partial charge in [0.2, 0.25) is 0 Å². The minimum atomic E-state index is 0.637. The van der Waals surface area contributed by atoms with E-state index in [0.717, 1.165) is 82.9 Å². The number of rotatable bonds is 6. The molecular formula is C58H36N4O. The third kappa shape index (κ3) is 5.57. The van der Waals surface area contributed by atoms with Crippen molar-refractivity contribution in [2.45, 2.75) is 0 Å². The lowest BCUT2D eigenvalue weighted by atomic mass is 9.96. The van der Waals surface area contributed by atoms with Crippen LogP contribution in [0.1, 0.15) is 0 Å². The Balaban J connectivity index is 1.06. The molecule has 0 aliphatic rings. The fourth-order valence-electron chi connectivity index (χ4n) is 9.62. The Morgan fingerprint density at radius 1 is 0.317 bits per heavy atom. The summed E-state index contributed by atoms with van der Waals surface area (Å²) in [4.78, 5) is 10.8. The van der Waals surface area contributed by atoms with Crippen LogP contribution in [-0.4, -0.2) is 19.1 Å². The zero-order chi connectivity index (χ0) is 41.4. The zero-order valence-corrected chi connectivity index (χ0v) is 34.0. The van der Waals surface area contributed by atoms with Crippen LogP contribution < -0.4 is 0 Å². The second-order valence-electron chi connectivity index (χ2n) is 16.2.